The molecule has 0 fully saturated rings. The highest BCUT2D eigenvalue weighted by molar-refractivity contribution is 7.93. The first-order valence-electron chi connectivity index (χ1n) is 10.7. The molecule has 1 amide bonds. The van der Waals surface area contributed by atoms with Gasteiger partial charge in [-0.05, 0) is 43.7 Å². The van der Waals surface area contributed by atoms with E-state index in [9.17, 15) is 26.2 Å². The average molecular weight is 499 g/mol. The fourth-order valence-corrected chi connectivity index (χ4v) is 4.80. The summed E-state index contributed by atoms with van der Waals surface area (Å²) in [6.07, 6.45) is 5.46. The van der Waals surface area contributed by atoms with Gasteiger partial charge in [-0.1, -0.05) is 56.7 Å². The second-order valence-corrected chi connectivity index (χ2v) is 10.7. The zero-order chi connectivity index (χ0) is 24.5. The fraction of sp³-hybridized carbons (Fsp3) is 0.409. The molecule has 11 heteroatoms. The summed E-state index contributed by atoms with van der Waals surface area (Å²) in [4.78, 5) is 11.3. The highest BCUT2D eigenvalue weighted by Crippen LogP contribution is 2.28. The molecule has 0 aliphatic carbocycles. The SMILES string of the molecule is CCCCCCCCOC(=O)Nc1ccc(S(=O)(=O)O)c(NS(=O)(=O)c2ccc(C)cc2)c1. The minimum Gasteiger partial charge on any atom is -0.449 e. The van der Waals surface area contributed by atoms with Gasteiger partial charge in [0.25, 0.3) is 20.1 Å². The van der Waals surface area contributed by atoms with Crippen LogP contribution in [0, 0.1) is 6.92 Å². The van der Waals surface area contributed by atoms with Gasteiger partial charge in [-0.25, -0.2) is 13.2 Å². The molecule has 0 aliphatic rings. The lowest BCUT2D eigenvalue weighted by Gasteiger charge is -2.14. The Balaban J connectivity index is 2.10. The van der Waals surface area contributed by atoms with E-state index in [-0.39, 0.29) is 17.2 Å². The van der Waals surface area contributed by atoms with Crippen molar-refractivity contribution in [2.45, 2.75) is 62.2 Å². The molecule has 0 saturated carbocycles. The van der Waals surface area contributed by atoms with Crippen LogP contribution in [0.5, 0.6) is 0 Å². The van der Waals surface area contributed by atoms with Gasteiger partial charge in [-0.15, -0.1) is 0 Å². The van der Waals surface area contributed by atoms with Gasteiger partial charge in [0.1, 0.15) is 4.90 Å². The average Bonchev–Trinajstić information content (AvgIpc) is 2.72. The Morgan fingerprint density at radius 2 is 1.58 bits per heavy atom. The topological polar surface area (TPSA) is 139 Å². The van der Waals surface area contributed by atoms with Crippen LogP contribution in [-0.4, -0.2) is 34.1 Å². The number of ether oxygens (including phenoxy) is 1. The number of sulfonamides is 1. The largest absolute Gasteiger partial charge is 0.449 e. The minimum atomic E-state index is -4.74. The Hall–Kier alpha value is -2.63. The predicted octanol–water partition coefficient (Wildman–Crippen LogP) is 4.95. The summed E-state index contributed by atoms with van der Waals surface area (Å²) in [5.74, 6) is 0. The van der Waals surface area contributed by atoms with E-state index in [1.54, 1.807) is 19.1 Å². The molecule has 182 valence electrons. The van der Waals surface area contributed by atoms with E-state index in [2.05, 4.69) is 17.0 Å². The number of hydrogen-bond acceptors (Lipinski definition) is 6. The molecule has 9 nitrogen and oxygen atoms in total. The Bertz CT molecular complexity index is 1150. The van der Waals surface area contributed by atoms with Gasteiger partial charge >= 0.3 is 6.09 Å². The first kappa shape index (κ1) is 26.6. The van der Waals surface area contributed by atoms with Gasteiger partial charge in [0.2, 0.25) is 0 Å². The van der Waals surface area contributed by atoms with Crippen LogP contribution in [0.1, 0.15) is 51.0 Å². The Morgan fingerprint density at radius 3 is 2.21 bits per heavy atom. The molecule has 0 aliphatic heterocycles. The summed E-state index contributed by atoms with van der Waals surface area (Å²) in [5, 5.41) is 2.43. The van der Waals surface area contributed by atoms with Crippen molar-refractivity contribution in [3.8, 4) is 0 Å². The lowest BCUT2D eigenvalue weighted by Crippen LogP contribution is -2.17. The van der Waals surface area contributed by atoms with Gasteiger partial charge in [0.05, 0.1) is 17.2 Å². The normalized spacial score (nSPS) is 11.7. The van der Waals surface area contributed by atoms with Gasteiger partial charge in [-0.2, -0.15) is 8.42 Å². The highest BCUT2D eigenvalue weighted by Gasteiger charge is 2.22. The molecule has 0 bridgehead atoms. The number of carbonyl (C=O) groups is 1. The number of hydrogen-bond donors (Lipinski definition) is 3. The van der Waals surface area contributed by atoms with E-state index in [1.165, 1.54) is 24.6 Å². The van der Waals surface area contributed by atoms with Crippen molar-refractivity contribution in [1.82, 2.24) is 0 Å². The predicted molar refractivity (Wildman–Crippen MR) is 127 cm³/mol. The number of amides is 1. The number of anilines is 2. The Labute approximate surface area is 195 Å². The standard InChI is InChI=1S/C22H30N2O7S2/c1-3-4-5-6-7-8-15-31-22(25)23-18-11-14-21(33(28,29)30)20(16-18)24-32(26,27)19-12-9-17(2)10-13-19/h9-14,16,24H,3-8,15H2,1-2H3,(H,23,25)(H,28,29,30). The summed E-state index contributed by atoms with van der Waals surface area (Å²) >= 11 is 0. The van der Waals surface area contributed by atoms with E-state index in [0.717, 1.165) is 49.8 Å². The van der Waals surface area contributed by atoms with Crippen LogP contribution in [0.15, 0.2) is 52.3 Å². The first-order valence-corrected chi connectivity index (χ1v) is 13.6. The van der Waals surface area contributed by atoms with Crippen LogP contribution in [0.3, 0.4) is 0 Å². The zero-order valence-corrected chi connectivity index (χ0v) is 20.3. The molecule has 0 unspecified atom stereocenters. The van der Waals surface area contributed by atoms with Gasteiger partial charge in [0, 0.05) is 5.69 Å². The van der Waals surface area contributed by atoms with Crippen LogP contribution in [0.25, 0.3) is 0 Å². The third-order valence-corrected chi connectivity index (χ3v) is 7.10. The number of benzene rings is 2. The molecule has 0 saturated heterocycles. The molecule has 2 aromatic carbocycles. The molecule has 2 aromatic rings. The van der Waals surface area contributed by atoms with Gasteiger partial charge < -0.3 is 4.74 Å². The maximum absolute atomic E-state index is 12.7. The van der Waals surface area contributed by atoms with Crippen molar-refractivity contribution in [3.05, 3.63) is 48.0 Å². The number of rotatable bonds is 12. The molecule has 2 rings (SSSR count). The van der Waals surface area contributed by atoms with Crippen molar-refractivity contribution >= 4 is 37.6 Å². The van der Waals surface area contributed by atoms with Crippen molar-refractivity contribution in [3.63, 3.8) is 0 Å². The lowest BCUT2D eigenvalue weighted by atomic mass is 10.1. The maximum Gasteiger partial charge on any atom is 0.411 e. The number of nitrogens with one attached hydrogen (secondary N) is 2. The summed E-state index contributed by atoms with van der Waals surface area (Å²) < 4.78 is 65.6. The van der Waals surface area contributed by atoms with E-state index >= 15 is 0 Å². The molecular formula is C22H30N2O7S2. The second kappa shape index (κ2) is 12.0. The fourth-order valence-electron chi connectivity index (χ4n) is 3.03. The molecule has 0 spiro atoms. The zero-order valence-electron chi connectivity index (χ0n) is 18.7. The smallest absolute Gasteiger partial charge is 0.411 e. The molecule has 33 heavy (non-hydrogen) atoms. The van der Waals surface area contributed by atoms with Gasteiger partial charge in [0.15, 0.2) is 0 Å². The van der Waals surface area contributed by atoms with Crippen LogP contribution in [0.2, 0.25) is 0 Å². The molecule has 0 heterocycles. The second-order valence-electron chi connectivity index (χ2n) is 7.63. The number of carbonyl (C=O) groups excluding carboxylic acids is 1. The summed E-state index contributed by atoms with van der Waals surface area (Å²) in [5.41, 5.74) is 0.530. The Kier molecular flexibility index (Phi) is 9.69. The maximum atomic E-state index is 12.7. The van der Waals surface area contributed by atoms with Crippen LogP contribution >= 0.6 is 0 Å². The quantitative estimate of drug-likeness (QED) is 0.278. The van der Waals surface area contributed by atoms with Crippen molar-refractivity contribution in [2.24, 2.45) is 0 Å². The van der Waals surface area contributed by atoms with Crippen molar-refractivity contribution in [2.75, 3.05) is 16.6 Å². The molecule has 0 aromatic heterocycles. The first-order chi connectivity index (χ1) is 15.5. The van der Waals surface area contributed by atoms with E-state index in [1.807, 2.05) is 0 Å². The Morgan fingerprint density at radius 1 is 0.939 bits per heavy atom. The molecule has 3 N–H and O–H groups in total. The van der Waals surface area contributed by atoms with E-state index in [4.69, 9.17) is 4.74 Å². The third-order valence-electron chi connectivity index (χ3n) is 4.81. The summed E-state index contributed by atoms with van der Waals surface area (Å²) in [6, 6.07) is 9.23. The van der Waals surface area contributed by atoms with E-state index in [0.29, 0.717) is 0 Å². The van der Waals surface area contributed by atoms with E-state index < -0.39 is 36.8 Å². The summed E-state index contributed by atoms with van der Waals surface area (Å²) in [7, 11) is -8.89. The molecule has 0 atom stereocenters. The van der Waals surface area contributed by atoms with Crippen LogP contribution in [-0.2, 0) is 24.9 Å². The monoisotopic (exact) mass is 498 g/mol. The third kappa shape index (κ3) is 8.67. The van der Waals surface area contributed by atoms with Crippen LogP contribution < -0.4 is 10.0 Å². The van der Waals surface area contributed by atoms with Crippen molar-refractivity contribution < 1.29 is 30.9 Å². The molecular weight excluding hydrogens is 468 g/mol. The van der Waals surface area contributed by atoms with Crippen molar-refractivity contribution in [1.29, 1.82) is 0 Å². The number of unbranched alkanes of at least 4 members (excludes halogenated alkanes) is 5. The lowest BCUT2D eigenvalue weighted by molar-refractivity contribution is 0.159. The summed E-state index contributed by atoms with van der Waals surface area (Å²) in [6.45, 7) is 4.16. The van der Waals surface area contributed by atoms with Gasteiger partial charge in [-0.3, -0.25) is 14.6 Å². The minimum absolute atomic E-state index is 0.0916. The number of aryl methyl sites for hydroxylation is 1. The highest BCUT2D eigenvalue weighted by atomic mass is 32.2. The van der Waals surface area contributed by atoms with Crippen LogP contribution in [0.4, 0.5) is 16.2 Å². The molecule has 0 radical (unpaired) electrons.